The van der Waals surface area contributed by atoms with Crippen LogP contribution in [0.15, 0.2) is 65.7 Å². The monoisotopic (exact) mass is 487 g/mol. The molecule has 0 amide bonds. The van der Waals surface area contributed by atoms with Crippen LogP contribution in [0.25, 0.3) is 16.8 Å². The Hall–Kier alpha value is -3.37. The third kappa shape index (κ3) is 3.82. The molecular formula is C24H20F3N3O3S. The number of nitrogens with zero attached hydrogens (tertiary/aromatic N) is 2. The van der Waals surface area contributed by atoms with Crippen molar-refractivity contribution < 1.29 is 26.3 Å². The Morgan fingerprint density at radius 1 is 1.15 bits per heavy atom. The number of para-hydroxylation sites is 1. The first-order chi connectivity index (χ1) is 16.1. The molecule has 5 rings (SSSR count). The van der Waals surface area contributed by atoms with Crippen LogP contribution >= 0.6 is 0 Å². The van der Waals surface area contributed by atoms with Crippen molar-refractivity contribution in [1.29, 1.82) is 0 Å². The zero-order valence-electron chi connectivity index (χ0n) is 18.0. The van der Waals surface area contributed by atoms with Gasteiger partial charge in [-0.25, -0.2) is 17.8 Å². The summed E-state index contributed by atoms with van der Waals surface area (Å²) in [6.07, 6.45) is 3.11. The summed E-state index contributed by atoms with van der Waals surface area (Å²) in [7, 11) is -3.39. The van der Waals surface area contributed by atoms with Crippen LogP contribution in [-0.2, 0) is 9.84 Å². The lowest BCUT2D eigenvalue weighted by atomic mass is 9.95. The van der Waals surface area contributed by atoms with Gasteiger partial charge in [-0.1, -0.05) is 30.3 Å². The van der Waals surface area contributed by atoms with E-state index in [9.17, 15) is 17.2 Å². The first-order valence-electron chi connectivity index (χ1n) is 10.4. The van der Waals surface area contributed by atoms with E-state index in [-0.39, 0.29) is 22.1 Å². The summed E-state index contributed by atoms with van der Waals surface area (Å²) in [4.78, 5) is 4.64. The molecule has 1 aliphatic carbocycles. The van der Waals surface area contributed by atoms with Gasteiger partial charge in [0.25, 0.3) is 0 Å². The number of alkyl halides is 2. The van der Waals surface area contributed by atoms with Crippen LogP contribution in [0.4, 0.5) is 13.2 Å². The number of sulfone groups is 1. The number of nitrogens with two attached hydrogens (primary N) is 1. The molecule has 0 saturated carbocycles. The highest BCUT2D eigenvalue weighted by atomic mass is 32.2. The maximum atomic E-state index is 15.0. The molecule has 176 valence electrons. The molecular weight excluding hydrogens is 467 g/mol. The highest BCUT2D eigenvalue weighted by Crippen LogP contribution is 2.46. The fourth-order valence-electron chi connectivity index (χ4n) is 4.54. The van der Waals surface area contributed by atoms with Gasteiger partial charge in [0.15, 0.2) is 9.84 Å². The van der Waals surface area contributed by atoms with Gasteiger partial charge in [-0.3, -0.25) is 0 Å². The minimum absolute atomic E-state index is 0.0520. The quantitative estimate of drug-likeness (QED) is 0.442. The van der Waals surface area contributed by atoms with E-state index in [1.165, 1.54) is 36.4 Å². The van der Waals surface area contributed by atoms with Crippen molar-refractivity contribution in [1.82, 2.24) is 9.38 Å². The van der Waals surface area contributed by atoms with Crippen LogP contribution in [0, 0.1) is 5.82 Å². The zero-order valence-corrected chi connectivity index (χ0v) is 18.8. The highest BCUT2D eigenvalue weighted by Gasteiger charge is 2.36. The predicted molar refractivity (Wildman–Crippen MR) is 120 cm³/mol. The van der Waals surface area contributed by atoms with E-state index in [4.69, 9.17) is 10.5 Å². The molecule has 2 aromatic heterocycles. The van der Waals surface area contributed by atoms with Crippen molar-refractivity contribution in [2.75, 3.05) is 6.26 Å². The summed E-state index contributed by atoms with van der Waals surface area (Å²) in [5, 5.41) is 0. The van der Waals surface area contributed by atoms with E-state index in [0.29, 0.717) is 34.6 Å². The van der Waals surface area contributed by atoms with Gasteiger partial charge in [0, 0.05) is 41.6 Å². The Morgan fingerprint density at radius 2 is 1.85 bits per heavy atom. The van der Waals surface area contributed by atoms with E-state index < -0.39 is 28.3 Å². The molecule has 0 bridgehead atoms. The lowest BCUT2D eigenvalue weighted by molar-refractivity contribution is -0.0505. The molecule has 2 aromatic carbocycles. The third-order valence-electron chi connectivity index (χ3n) is 6.05. The highest BCUT2D eigenvalue weighted by molar-refractivity contribution is 7.90. The molecule has 2 unspecified atom stereocenters. The van der Waals surface area contributed by atoms with Crippen LogP contribution < -0.4 is 10.5 Å². The van der Waals surface area contributed by atoms with Gasteiger partial charge >= 0.3 is 6.61 Å². The van der Waals surface area contributed by atoms with Gasteiger partial charge in [-0.15, -0.1) is 0 Å². The topological polar surface area (TPSA) is 86.7 Å². The molecule has 0 spiro atoms. The van der Waals surface area contributed by atoms with E-state index in [1.807, 2.05) is 0 Å². The molecule has 10 heteroatoms. The number of fused-ring (bicyclic) bond motifs is 3. The molecule has 34 heavy (non-hydrogen) atoms. The van der Waals surface area contributed by atoms with Gasteiger partial charge in [-0.2, -0.15) is 8.78 Å². The summed E-state index contributed by atoms with van der Waals surface area (Å²) >= 11 is 0. The van der Waals surface area contributed by atoms with Crippen LogP contribution in [-0.4, -0.2) is 30.7 Å². The number of rotatable bonds is 5. The third-order valence-corrected chi connectivity index (χ3v) is 7.18. The summed E-state index contributed by atoms with van der Waals surface area (Å²) in [5.41, 5.74) is 9.17. The van der Waals surface area contributed by atoms with Crippen molar-refractivity contribution >= 4 is 15.5 Å². The van der Waals surface area contributed by atoms with E-state index in [2.05, 4.69) is 4.98 Å². The Bertz CT molecular complexity index is 1500. The number of benzene rings is 2. The van der Waals surface area contributed by atoms with Gasteiger partial charge in [-0.05, 0) is 30.2 Å². The Morgan fingerprint density at radius 3 is 2.53 bits per heavy atom. The summed E-state index contributed by atoms with van der Waals surface area (Å²) < 4.78 is 71.0. The van der Waals surface area contributed by atoms with Crippen molar-refractivity contribution in [2.24, 2.45) is 5.73 Å². The lowest BCUT2D eigenvalue weighted by Gasteiger charge is -2.18. The maximum Gasteiger partial charge on any atom is 0.387 e. The predicted octanol–water partition coefficient (Wildman–Crippen LogP) is 4.68. The second-order valence-corrected chi connectivity index (χ2v) is 10.3. The fraction of sp³-hybridized carbons (Fsp3) is 0.208. The smallest absolute Gasteiger partial charge is 0.387 e. The van der Waals surface area contributed by atoms with Gasteiger partial charge in [0.1, 0.15) is 17.2 Å². The normalized spacial score (nSPS) is 17.9. The lowest BCUT2D eigenvalue weighted by Crippen LogP contribution is -2.10. The van der Waals surface area contributed by atoms with Crippen molar-refractivity contribution in [2.45, 2.75) is 29.9 Å². The minimum atomic E-state index is -3.39. The Kier molecular flexibility index (Phi) is 5.37. The molecule has 0 fully saturated rings. The molecule has 2 atom stereocenters. The molecule has 2 N–H and O–H groups in total. The van der Waals surface area contributed by atoms with Gasteiger partial charge in [0.2, 0.25) is 0 Å². The van der Waals surface area contributed by atoms with Crippen LogP contribution in [0.2, 0.25) is 0 Å². The van der Waals surface area contributed by atoms with Crippen molar-refractivity contribution in [3.8, 4) is 16.9 Å². The largest absolute Gasteiger partial charge is 0.435 e. The fourth-order valence-corrected chi connectivity index (χ4v) is 5.17. The van der Waals surface area contributed by atoms with E-state index >= 15 is 4.39 Å². The number of hydrogen-bond acceptors (Lipinski definition) is 5. The van der Waals surface area contributed by atoms with Crippen molar-refractivity contribution in [3.63, 3.8) is 0 Å². The first kappa shape index (κ1) is 22.4. The average molecular weight is 488 g/mol. The second kappa shape index (κ2) is 8.14. The second-order valence-electron chi connectivity index (χ2n) is 8.25. The Labute approximate surface area is 193 Å². The molecule has 0 radical (unpaired) electrons. The number of ether oxygens (including phenoxy) is 1. The Balaban J connectivity index is 1.65. The van der Waals surface area contributed by atoms with Crippen LogP contribution in [0.5, 0.6) is 5.75 Å². The van der Waals surface area contributed by atoms with Crippen LogP contribution in [0.1, 0.15) is 35.3 Å². The summed E-state index contributed by atoms with van der Waals surface area (Å²) in [6.45, 7) is -2.98. The molecule has 6 nitrogen and oxygen atoms in total. The standard InChI is InChI=1S/C24H20F3N3O3S/c1-34(31,32)14-8-6-13(7-9-14)17-12-30-21(11-18(17)25)29-22-19(28)10-16(23(22)30)15-4-2-3-5-20(15)33-24(26)27/h2-9,11-12,16,19,24H,10,28H2,1H3. The maximum absolute atomic E-state index is 15.0. The zero-order chi connectivity index (χ0) is 24.2. The number of aromatic nitrogens is 2. The molecule has 4 aromatic rings. The van der Waals surface area contributed by atoms with E-state index in [1.54, 1.807) is 28.8 Å². The van der Waals surface area contributed by atoms with E-state index in [0.717, 1.165) is 6.26 Å². The average Bonchev–Trinajstić information content (AvgIpc) is 3.29. The van der Waals surface area contributed by atoms with Crippen molar-refractivity contribution in [3.05, 3.63) is 83.6 Å². The molecule has 0 saturated heterocycles. The summed E-state index contributed by atoms with van der Waals surface area (Å²) in [5.74, 6) is -0.869. The molecule has 0 aliphatic heterocycles. The number of imidazole rings is 1. The molecule has 1 aliphatic rings. The van der Waals surface area contributed by atoms with Crippen LogP contribution in [0.3, 0.4) is 0 Å². The number of halogens is 3. The number of hydrogen-bond donors (Lipinski definition) is 1. The van der Waals surface area contributed by atoms with Gasteiger partial charge in [0.05, 0.1) is 16.3 Å². The van der Waals surface area contributed by atoms with Gasteiger partial charge < -0.3 is 14.9 Å². The minimum Gasteiger partial charge on any atom is -0.435 e. The SMILES string of the molecule is CS(=O)(=O)c1ccc(-c2cn3c4c(nc3cc2F)C(N)CC4c2ccccc2OC(F)F)cc1. The summed E-state index contributed by atoms with van der Waals surface area (Å²) in [6, 6.07) is 13.3. The number of pyridine rings is 1. The molecule has 2 heterocycles. The first-order valence-corrected chi connectivity index (χ1v) is 12.3.